The fourth-order valence-corrected chi connectivity index (χ4v) is 3.81. The summed E-state index contributed by atoms with van der Waals surface area (Å²) in [4.78, 5) is 23.2. The highest BCUT2D eigenvalue weighted by Crippen LogP contribution is 2.29. The number of rotatable bonds is 6. The summed E-state index contributed by atoms with van der Waals surface area (Å²) in [6.07, 6.45) is 6.05. The third-order valence-corrected chi connectivity index (χ3v) is 5.57. The van der Waals surface area contributed by atoms with E-state index in [1.165, 1.54) is 19.3 Å². The summed E-state index contributed by atoms with van der Waals surface area (Å²) in [5.74, 6) is 1.42. The van der Waals surface area contributed by atoms with Crippen LogP contribution >= 0.6 is 0 Å². The normalized spacial score (nSPS) is 20.1. The summed E-state index contributed by atoms with van der Waals surface area (Å²) < 4.78 is 5.79. The van der Waals surface area contributed by atoms with E-state index in [9.17, 15) is 4.79 Å². The third-order valence-electron chi connectivity index (χ3n) is 5.57. The van der Waals surface area contributed by atoms with Crippen LogP contribution in [0.5, 0.6) is 0 Å². The first-order valence-corrected chi connectivity index (χ1v) is 9.73. The molecule has 0 unspecified atom stereocenters. The number of aromatic nitrogens is 2. The molecular weight excluding hydrogens is 326 g/mol. The molecule has 5 nitrogen and oxygen atoms in total. The van der Waals surface area contributed by atoms with Crippen LogP contribution in [0.3, 0.4) is 0 Å². The topological polar surface area (TPSA) is 58.2 Å². The molecule has 2 aliphatic rings. The first kappa shape index (κ1) is 17.3. The number of nitrogens with zero attached hydrogens (tertiary/aromatic N) is 2. The number of aromatic amines is 1. The highest BCUT2D eigenvalue weighted by atomic mass is 16.5. The minimum Gasteiger partial charge on any atom is -0.376 e. The van der Waals surface area contributed by atoms with Crippen molar-refractivity contribution in [2.45, 2.75) is 45.1 Å². The Morgan fingerprint density at radius 3 is 2.65 bits per heavy atom. The number of amides is 1. The SMILES string of the molecule is Cc1[nH]c(-c2ccccc2)nc1C(=O)N(CC1CCC1)C[C@H]1CCCO1. The van der Waals surface area contributed by atoms with E-state index in [0.717, 1.165) is 43.1 Å². The van der Waals surface area contributed by atoms with Gasteiger partial charge in [-0.05, 0) is 38.5 Å². The Kier molecular flexibility index (Phi) is 5.07. The van der Waals surface area contributed by atoms with Crippen molar-refractivity contribution in [2.75, 3.05) is 19.7 Å². The van der Waals surface area contributed by atoms with E-state index < -0.39 is 0 Å². The molecular formula is C21H27N3O2. The third kappa shape index (κ3) is 3.68. The average Bonchev–Trinajstić information content (AvgIpc) is 3.26. The van der Waals surface area contributed by atoms with Crippen molar-refractivity contribution >= 4 is 5.91 Å². The molecule has 1 atom stereocenters. The molecule has 1 aliphatic heterocycles. The van der Waals surface area contributed by atoms with Crippen LogP contribution in [-0.2, 0) is 4.74 Å². The first-order valence-electron chi connectivity index (χ1n) is 9.73. The maximum Gasteiger partial charge on any atom is 0.274 e. The lowest BCUT2D eigenvalue weighted by atomic mass is 9.85. The van der Waals surface area contributed by atoms with Crippen molar-refractivity contribution in [3.63, 3.8) is 0 Å². The van der Waals surface area contributed by atoms with E-state index in [0.29, 0.717) is 18.2 Å². The largest absolute Gasteiger partial charge is 0.376 e. The molecule has 2 heterocycles. The Bertz CT molecular complexity index is 746. The van der Waals surface area contributed by atoms with Gasteiger partial charge >= 0.3 is 0 Å². The van der Waals surface area contributed by atoms with Crippen LogP contribution in [0.1, 0.15) is 48.3 Å². The summed E-state index contributed by atoms with van der Waals surface area (Å²) in [5.41, 5.74) is 2.38. The van der Waals surface area contributed by atoms with E-state index in [1.807, 2.05) is 42.2 Å². The molecule has 2 aromatic rings. The number of nitrogens with one attached hydrogen (secondary N) is 1. The van der Waals surface area contributed by atoms with Crippen molar-refractivity contribution in [3.05, 3.63) is 41.7 Å². The smallest absolute Gasteiger partial charge is 0.274 e. The molecule has 1 saturated carbocycles. The number of hydrogen-bond acceptors (Lipinski definition) is 3. The van der Waals surface area contributed by atoms with Gasteiger partial charge in [0.25, 0.3) is 5.91 Å². The predicted octanol–water partition coefficient (Wildman–Crippen LogP) is 3.81. The van der Waals surface area contributed by atoms with Crippen LogP contribution in [0.2, 0.25) is 0 Å². The minimum absolute atomic E-state index is 0.0309. The van der Waals surface area contributed by atoms with Crippen molar-refractivity contribution in [1.29, 1.82) is 0 Å². The van der Waals surface area contributed by atoms with Gasteiger partial charge in [0.1, 0.15) is 11.5 Å². The van der Waals surface area contributed by atoms with E-state index in [-0.39, 0.29) is 12.0 Å². The molecule has 1 aromatic heterocycles. The number of aryl methyl sites for hydroxylation is 1. The molecule has 138 valence electrons. The monoisotopic (exact) mass is 353 g/mol. The zero-order valence-corrected chi connectivity index (χ0v) is 15.4. The molecule has 0 spiro atoms. The van der Waals surface area contributed by atoms with E-state index in [4.69, 9.17) is 4.74 Å². The highest BCUT2D eigenvalue weighted by Gasteiger charge is 2.30. The molecule has 0 bridgehead atoms. The minimum atomic E-state index is 0.0309. The van der Waals surface area contributed by atoms with E-state index in [1.54, 1.807) is 0 Å². The van der Waals surface area contributed by atoms with Crippen LogP contribution in [0, 0.1) is 12.8 Å². The number of hydrogen-bond donors (Lipinski definition) is 1. The number of imidazole rings is 1. The Balaban J connectivity index is 1.55. The fourth-order valence-electron chi connectivity index (χ4n) is 3.81. The summed E-state index contributed by atoms with van der Waals surface area (Å²) >= 11 is 0. The number of carbonyl (C=O) groups is 1. The standard InChI is InChI=1S/C21H27N3O2/c1-15-19(23-20(22-15)17-9-3-2-4-10-17)21(25)24(13-16-7-5-8-16)14-18-11-6-12-26-18/h2-4,9-10,16,18H,5-8,11-14H2,1H3,(H,22,23)/t18-/m1/s1. The second kappa shape index (κ2) is 7.62. The van der Waals surface area contributed by atoms with Gasteiger partial charge in [-0.2, -0.15) is 0 Å². The first-order chi connectivity index (χ1) is 12.7. The van der Waals surface area contributed by atoms with Gasteiger partial charge in [-0.15, -0.1) is 0 Å². The van der Waals surface area contributed by atoms with Crippen LogP contribution in [0.25, 0.3) is 11.4 Å². The molecule has 1 aromatic carbocycles. The lowest BCUT2D eigenvalue weighted by molar-refractivity contribution is 0.0443. The highest BCUT2D eigenvalue weighted by molar-refractivity contribution is 5.94. The molecule has 1 saturated heterocycles. The lowest BCUT2D eigenvalue weighted by Crippen LogP contribution is -2.42. The van der Waals surface area contributed by atoms with Gasteiger partial charge in [0.2, 0.25) is 0 Å². The van der Waals surface area contributed by atoms with Crippen molar-refractivity contribution in [3.8, 4) is 11.4 Å². The van der Waals surface area contributed by atoms with Crippen LogP contribution < -0.4 is 0 Å². The number of benzene rings is 1. The Morgan fingerprint density at radius 1 is 1.19 bits per heavy atom. The Morgan fingerprint density at radius 2 is 2.00 bits per heavy atom. The maximum atomic E-state index is 13.3. The second-order valence-electron chi connectivity index (χ2n) is 7.57. The molecule has 1 N–H and O–H groups in total. The molecule has 4 rings (SSSR count). The quantitative estimate of drug-likeness (QED) is 0.859. The van der Waals surface area contributed by atoms with Gasteiger partial charge in [-0.3, -0.25) is 4.79 Å². The molecule has 0 radical (unpaired) electrons. The van der Waals surface area contributed by atoms with Gasteiger partial charge in [0.05, 0.1) is 6.10 Å². The van der Waals surface area contributed by atoms with Crippen molar-refractivity contribution in [1.82, 2.24) is 14.9 Å². The van der Waals surface area contributed by atoms with Crippen molar-refractivity contribution < 1.29 is 9.53 Å². The number of H-pyrrole nitrogens is 1. The van der Waals surface area contributed by atoms with Gasteiger partial charge < -0.3 is 14.6 Å². The van der Waals surface area contributed by atoms with Gasteiger partial charge in [0, 0.05) is 31.0 Å². The summed E-state index contributed by atoms with van der Waals surface area (Å²) in [6.45, 7) is 4.25. The van der Waals surface area contributed by atoms with Crippen LogP contribution in [0.15, 0.2) is 30.3 Å². The average molecular weight is 353 g/mol. The van der Waals surface area contributed by atoms with Gasteiger partial charge in [-0.25, -0.2) is 4.98 Å². The maximum absolute atomic E-state index is 13.3. The Hall–Kier alpha value is -2.14. The zero-order chi connectivity index (χ0) is 17.9. The van der Waals surface area contributed by atoms with Crippen LogP contribution in [-0.4, -0.2) is 46.6 Å². The summed E-state index contributed by atoms with van der Waals surface area (Å²) in [5, 5.41) is 0. The Labute approximate surface area is 154 Å². The summed E-state index contributed by atoms with van der Waals surface area (Å²) in [7, 11) is 0. The summed E-state index contributed by atoms with van der Waals surface area (Å²) in [6, 6.07) is 9.95. The molecule has 2 fully saturated rings. The molecule has 1 amide bonds. The van der Waals surface area contributed by atoms with E-state index in [2.05, 4.69) is 9.97 Å². The van der Waals surface area contributed by atoms with E-state index >= 15 is 0 Å². The fraction of sp³-hybridized carbons (Fsp3) is 0.524. The zero-order valence-electron chi connectivity index (χ0n) is 15.4. The van der Waals surface area contributed by atoms with Gasteiger partial charge in [-0.1, -0.05) is 36.8 Å². The van der Waals surface area contributed by atoms with Crippen molar-refractivity contribution in [2.24, 2.45) is 5.92 Å². The molecule has 26 heavy (non-hydrogen) atoms. The number of carbonyl (C=O) groups excluding carboxylic acids is 1. The van der Waals surface area contributed by atoms with Gasteiger partial charge in [0.15, 0.2) is 0 Å². The van der Waals surface area contributed by atoms with Crippen LogP contribution in [0.4, 0.5) is 0 Å². The number of ether oxygens (including phenoxy) is 1. The molecule has 1 aliphatic carbocycles. The molecule has 5 heteroatoms. The second-order valence-corrected chi connectivity index (χ2v) is 7.57. The predicted molar refractivity (Wildman–Crippen MR) is 101 cm³/mol. The lowest BCUT2D eigenvalue weighted by Gasteiger charge is -2.33.